The average molecular weight is 291 g/mol. The maximum atomic E-state index is 12.2. The second-order valence-corrected chi connectivity index (χ2v) is 5.42. The van der Waals surface area contributed by atoms with Crippen LogP contribution in [0.25, 0.3) is 0 Å². The summed E-state index contributed by atoms with van der Waals surface area (Å²) in [5.41, 5.74) is 6.42. The molecule has 0 aromatic carbocycles. The summed E-state index contributed by atoms with van der Waals surface area (Å²) in [6.07, 6.45) is 5.40. The van der Waals surface area contributed by atoms with Crippen LogP contribution >= 0.6 is 11.3 Å². The first kappa shape index (κ1) is 14.6. The molecule has 5 nitrogen and oxygen atoms in total. The van der Waals surface area contributed by atoms with E-state index in [1.54, 1.807) is 9.80 Å². The van der Waals surface area contributed by atoms with Crippen LogP contribution in [-0.4, -0.2) is 53.8 Å². The number of terminal acetylenes is 1. The van der Waals surface area contributed by atoms with Gasteiger partial charge in [0.1, 0.15) is 0 Å². The molecule has 2 amide bonds. The molecule has 1 unspecified atom stereocenters. The highest BCUT2D eigenvalue weighted by atomic mass is 32.1. The van der Waals surface area contributed by atoms with Crippen LogP contribution in [0.4, 0.5) is 0 Å². The summed E-state index contributed by atoms with van der Waals surface area (Å²) >= 11 is 1.50. The largest absolute Gasteiger partial charge is 0.338 e. The smallest absolute Gasteiger partial charge is 0.254 e. The zero-order valence-corrected chi connectivity index (χ0v) is 11.9. The molecule has 1 saturated heterocycles. The molecule has 1 aromatic heterocycles. The molecule has 0 saturated carbocycles. The van der Waals surface area contributed by atoms with Crippen molar-refractivity contribution in [3.63, 3.8) is 0 Å². The number of nitrogens with two attached hydrogens (primary N) is 1. The third kappa shape index (κ3) is 3.18. The fourth-order valence-electron chi connectivity index (χ4n) is 2.15. The lowest BCUT2D eigenvalue weighted by molar-refractivity contribution is -0.133. The van der Waals surface area contributed by atoms with Crippen LogP contribution in [0.5, 0.6) is 0 Å². The fourth-order valence-corrected chi connectivity index (χ4v) is 2.78. The van der Waals surface area contributed by atoms with Crippen LogP contribution in [0.3, 0.4) is 0 Å². The third-order valence-electron chi connectivity index (χ3n) is 3.30. The van der Waals surface area contributed by atoms with Crippen molar-refractivity contribution in [2.24, 2.45) is 5.73 Å². The Hall–Kier alpha value is -1.84. The van der Waals surface area contributed by atoms with Crippen molar-refractivity contribution in [1.82, 2.24) is 9.80 Å². The van der Waals surface area contributed by atoms with E-state index in [1.165, 1.54) is 11.3 Å². The van der Waals surface area contributed by atoms with Crippen LogP contribution in [0, 0.1) is 12.3 Å². The molecule has 1 aliphatic heterocycles. The minimum atomic E-state index is -0.640. The number of hydrogen-bond acceptors (Lipinski definition) is 4. The van der Waals surface area contributed by atoms with Gasteiger partial charge in [-0.1, -0.05) is 0 Å². The Labute approximate surface area is 122 Å². The highest BCUT2D eigenvalue weighted by Crippen LogP contribution is 2.12. The number of thiophene rings is 1. The van der Waals surface area contributed by atoms with Gasteiger partial charge in [-0.05, 0) is 11.4 Å². The summed E-state index contributed by atoms with van der Waals surface area (Å²) in [5, 5.41) is 3.72. The van der Waals surface area contributed by atoms with Crippen LogP contribution in [0.15, 0.2) is 16.8 Å². The molecule has 2 N–H and O–H groups in total. The second-order valence-electron chi connectivity index (χ2n) is 4.64. The topological polar surface area (TPSA) is 66.6 Å². The minimum Gasteiger partial charge on any atom is -0.338 e. The SMILES string of the molecule is C#CCC(N)C(=O)N1CCN(C(=O)c2ccsc2)CC1. The molecule has 1 aliphatic rings. The van der Waals surface area contributed by atoms with Crippen molar-refractivity contribution in [2.45, 2.75) is 12.5 Å². The molecule has 0 aliphatic carbocycles. The van der Waals surface area contributed by atoms with Crippen molar-refractivity contribution in [2.75, 3.05) is 26.2 Å². The van der Waals surface area contributed by atoms with Gasteiger partial charge in [0.05, 0.1) is 11.6 Å². The number of rotatable bonds is 3. The molecule has 0 radical (unpaired) electrons. The molecule has 2 heterocycles. The molecule has 106 valence electrons. The van der Waals surface area contributed by atoms with E-state index in [1.807, 2.05) is 16.8 Å². The standard InChI is InChI=1S/C14H17N3O2S/c1-2-3-12(15)14(19)17-7-5-16(6-8-17)13(18)11-4-9-20-10-11/h1,4,9-10,12H,3,5-8,15H2. The lowest BCUT2D eigenvalue weighted by Gasteiger charge is -2.35. The van der Waals surface area contributed by atoms with Crippen LogP contribution < -0.4 is 5.73 Å². The van der Waals surface area contributed by atoms with Gasteiger partial charge in [-0.3, -0.25) is 9.59 Å². The number of hydrogen-bond donors (Lipinski definition) is 1. The number of nitrogens with zero attached hydrogens (tertiary/aromatic N) is 2. The number of amides is 2. The van der Waals surface area contributed by atoms with E-state index in [-0.39, 0.29) is 18.2 Å². The van der Waals surface area contributed by atoms with Gasteiger partial charge in [-0.15, -0.1) is 12.3 Å². The molecule has 1 aromatic rings. The molecule has 20 heavy (non-hydrogen) atoms. The quantitative estimate of drug-likeness (QED) is 0.819. The monoisotopic (exact) mass is 291 g/mol. The molecule has 2 rings (SSSR count). The third-order valence-corrected chi connectivity index (χ3v) is 3.98. The first-order chi connectivity index (χ1) is 9.63. The first-order valence-electron chi connectivity index (χ1n) is 6.42. The predicted octanol–water partition coefficient (Wildman–Crippen LogP) is 0.383. The molecular weight excluding hydrogens is 274 g/mol. The van der Waals surface area contributed by atoms with E-state index >= 15 is 0 Å². The maximum Gasteiger partial charge on any atom is 0.254 e. The van der Waals surface area contributed by atoms with Gasteiger partial charge in [-0.25, -0.2) is 0 Å². The van der Waals surface area contributed by atoms with Gasteiger partial charge >= 0.3 is 0 Å². The Kier molecular flexibility index (Phi) is 4.77. The molecule has 1 atom stereocenters. The maximum absolute atomic E-state index is 12.2. The highest BCUT2D eigenvalue weighted by molar-refractivity contribution is 7.08. The Morgan fingerprint density at radius 2 is 2.00 bits per heavy atom. The van der Waals surface area contributed by atoms with Crippen LogP contribution in [0.1, 0.15) is 16.8 Å². The second kappa shape index (κ2) is 6.55. The molecule has 0 bridgehead atoms. The van der Waals surface area contributed by atoms with Gasteiger partial charge in [0.2, 0.25) is 5.91 Å². The summed E-state index contributed by atoms with van der Waals surface area (Å²) in [4.78, 5) is 27.6. The number of carbonyl (C=O) groups is 2. The molecule has 6 heteroatoms. The Bertz CT molecular complexity index is 513. The first-order valence-corrected chi connectivity index (χ1v) is 7.37. The van der Waals surface area contributed by atoms with Crippen molar-refractivity contribution >= 4 is 23.2 Å². The number of piperazine rings is 1. The summed E-state index contributed by atoms with van der Waals surface area (Å²) in [6, 6.07) is 1.17. The predicted molar refractivity (Wildman–Crippen MR) is 78.2 cm³/mol. The molecule has 0 spiro atoms. The van der Waals surface area contributed by atoms with E-state index < -0.39 is 6.04 Å². The van der Waals surface area contributed by atoms with Crippen molar-refractivity contribution in [3.05, 3.63) is 22.4 Å². The van der Waals surface area contributed by atoms with Crippen LogP contribution in [0.2, 0.25) is 0 Å². The normalized spacial score (nSPS) is 16.6. The summed E-state index contributed by atoms with van der Waals surface area (Å²) < 4.78 is 0. The highest BCUT2D eigenvalue weighted by Gasteiger charge is 2.27. The van der Waals surface area contributed by atoms with Gasteiger partial charge < -0.3 is 15.5 Å². The van der Waals surface area contributed by atoms with Gasteiger partial charge in [-0.2, -0.15) is 11.3 Å². The van der Waals surface area contributed by atoms with E-state index in [2.05, 4.69) is 5.92 Å². The fraction of sp³-hybridized carbons (Fsp3) is 0.429. The Balaban J connectivity index is 1.88. The lowest BCUT2D eigenvalue weighted by atomic mass is 10.1. The zero-order chi connectivity index (χ0) is 14.5. The van der Waals surface area contributed by atoms with Crippen molar-refractivity contribution in [1.29, 1.82) is 0 Å². The van der Waals surface area contributed by atoms with E-state index in [9.17, 15) is 9.59 Å². The van der Waals surface area contributed by atoms with Gasteiger partial charge in [0.15, 0.2) is 0 Å². The van der Waals surface area contributed by atoms with Gasteiger partial charge in [0.25, 0.3) is 5.91 Å². The van der Waals surface area contributed by atoms with E-state index in [4.69, 9.17) is 12.2 Å². The van der Waals surface area contributed by atoms with Crippen LogP contribution in [-0.2, 0) is 4.79 Å². The minimum absolute atomic E-state index is 0.0197. The van der Waals surface area contributed by atoms with Crippen molar-refractivity contribution < 1.29 is 9.59 Å². The summed E-state index contributed by atoms with van der Waals surface area (Å²) in [6.45, 7) is 2.08. The molecular formula is C14H17N3O2S. The summed E-state index contributed by atoms with van der Waals surface area (Å²) in [7, 11) is 0. The Morgan fingerprint density at radius 3 is 2.55 bits per heavy atom. The van der Waals surface area contributed by atoms with E-state index in [0.29, 0.717) is 31.7 Å². The summed E-state index contributed by atoms with van der Waals surface area (Å²) in [5.74, 6) is 2.28. The van der Waals surface area contributed by atoms with E-state index in [0.717, 1.165) is 0 Å². The lowest BCUT2D eigenvalue weighted by Crippen LogP contribution is -2.54. The average Bonchev–Trinajstić information content (AvgIpc) is 3.00. The number of carbonyl (C=O) groups excluding carboxylic acids is 2. The zero-order valence-electron chi connectivity index (χ0n) is 11.1. The molecule has 1 fully saturated rings. The van der Waals surface area contributed by atoms with Crippen molar-refractivity contribution in [3.8, 4) is 12.3 Å². The Morgan fingerprint density at radius 1 is 1.35 bits per heavy atom. The van der Waals surface area contributed by atoms with Gasteiger partial charge in [0, 0.05) is 38.0 Å².